The van der Waals surface area contributed by atoms with E-state index in [1.165, 1.54) is 36.7 Å². The molecule has 2 aliphatic carbocycles. The van der Waals surface area contributed by atoms with E-state index < -0.39 is 0 Å². The van der Waals surface area contributed by atoms with Crippen molar-refractivity contribution in [3.8, 4) is 0 Å². The Kier molecular flexibility index (Phi) is 10.7. The Morgan fingerprint density at radius 1 is 1.37 bits per heavy atom. The number of nitrogens with one attached hydrogen (secondary N) is 1. The fraction of sp³-hybridized carbons (Fsp3) is 0.833. The summed E-state index contributed by atoms with van der Waals surface area (Å²) in [4.78, 5) is 27.2. The third-order valence-electron chi connectivity index (χ3n) is 3.50. The van der Waals surface area contributed by atoms with Crippen LogP contribution in [0, 0.1) is 23.1 Å². The molecule has 2 fully saturated rings. The molecule has 2 saturated carbocycles. The molecule has 3 unspecified atom stereocenters. The number of nitrogens with zero attached hydrogens (tertiary/aromatic N) is 2. The number of carbonyl (C=O) groups excluding carboxylic acids is 2. The van der Waals surface area contributed by atoms with Crippen molar-refractivity contribution in [2.45, 2.75) is 32.6 Å². The zero-order valence-corrected chi connectivity index (χ0v) is 13.2. The third-order valence-corrected chi connectivity index (χ3v) is 3.50. The van der Waals surface area contributed by atoms with Crippen LogP contribution in [0.5, 0.6) is 0 Å². The molecule has 0 saturated heterocycles. The summed E-state index contributed by atoms with van der Waals surface area (Å²) >= 11 is 1.87. The van der Waals surface area contributed by atoms with Gasteiger partial charge >= 0.3 is 34.0 Å². The molecule has 5 nitrogen and oxygen atoms in total. The van der Waals surface area contributed by atoms with Crippen LogP contribution in [0.1, 0.15) is 32.6 Å². The Labute approximate surface area is 129 Å². The van der Waals surface area contributed by atoms with Crippen LogP contribution in [0.4, 0.5) is 0 Å². The van der Waals surface area contributed by atoms with E-state index in [0.29, 0.717) is 6.54 Å². The second-order valence-electron chi connectivity index (χ2n) is 4.53. The van der Waals surface area contributed by atoms with Gasteiger partial charge < -0.3 is 0 Å². The molecule has 2 aliphatic rings. The van der Waals surface area contributed by atoms with Crippen molar-refractivity contribution in [2.24, 2.45) is 27.7 Å². The van der Waals surface area contributed by atoms with Crippen molar-refractivity contribution in [1.82, 2.24) is 0 Å². The average molecular weight is 376 g/mol. The van der Waals surface area contributed by atoms with Crippen molar-refractivity contribution in [2.75, 3.05) is 13.1 Å². The van der Waals surface area contributed by atoms with Crippen molar-refractivity contribution < 1.29 is 11.0 Å². The molecule has 0 aromatic heterocycles. The van der Waals surface area contributed by atoms with Gasteiger partial charge in [-0.25, -0.2) is 19.6 Å². The normalized spacial score (nSPS) is 26.6. The van der Waals surface area contributed by atoms with Crippen molar-refractivity contribution >= 4 is 39.5 Å². The summed E-state index contributed by atoms with van der Waals surface area (Å²) in [5.41, 5.74) is 0. The molecular formula is C12H19BIN3O2. The molecule has 19 heavy (non-hydrogen) atoms. The SMILES string of the molecule is CCN=C=O.O=C=NCC1CC2CCC1C2.[2H]N=BI. The van der Waals surface area contributed by atoms with Crippen LogP contribution in [-0.2, 0) is 9.59 Å². The first-order chi connectivity index (χ1) is 9.73. The van der Waals surface area contributed by atoms with E-state index in [-0.39, 0.29) is 0 Å². The molecule has 2 bridgehead atoms. The number of hydrogen-bond acceptors (Lipinski definition) is 5. The first-order valence-corrected chi connectivity index (χ1v) is 7.61. The fourth-order valence-electron chi connectivity index (χ4n) is 2.82. The summed E-state index contributed by atoms with van der Waals surface area (Å²) in [6.45, 7) is 3.07. The van der Waals surface area contributed by atoms with Crippen LogP contribution < -0.4 is 0 Å². The molecule has 104 valence electrons. The van der Waals surface area contributed by atoms with Crippen molar-refractivity contribution in [3.05, 3.63) is 0 Å². The van der Waals surface area contributed by atoms with Gasteiger partial charge in [0.15, 0.2) is 0 Å². The zero-order chi connectivity index (χ0) is 15.2. The van der Waals surface area contributed by atoms with Gasteiger partial charge in [-0.3, -0.25) is 0 Å². The molecule has 0 radical (unpaired) electrons. The van der Waals surface area contributed by atoms with Crippen molar-refractivity contribution in [3.63, 3.8) is 0 Å². The number of fused-ring (bicyclic) bond motifs is 2. The third kappa shape index (κ3) is 8.19. The molecule has 1 N–H and O–H groups in total. The van der Waals surface area contributed by atoms with E-state index >= 15 is 0 Å². The van der Waals surface area contributed by atoms with Crippen molar-refractivity contribution in [1.29, 1.82) is 5.31 Å². The molecule has 0 spiro atoms. The second-order valence-corrected chi connectivity index (χ2v) is 5.09. The van der Waals surface area contributed by atoms with Crippen LogP contribution in [0.15, 0.2) is 9.98 Å². The Balaban J connectivity index is 0.000000340. The molecule has 0 aliphatic heterocycles. The summed E-state index contributed by atoms with van der Waals surface area (Å²) in [6.07, 6.45) is 8.54. The zero-order valence-electron chi connectivity index (χ0n) is 12.1. The maximum atomic E-state index is 9.88. The summed E-state index contributed by atoms with van der Waals surface area (Å²) < 4.78 is 6.01. The average Bonchev–Trinajstić information content (AvgIpc) is 3.09. The van der Waals surface area contributed by atoms with Gasteiger partial charge in [0, 0.05) is 6.54 Å². The monoisotopic (exact) mass is 376 g/mol. The van der Waals surface area contributed by atoms with E-state index in [1.54, 1.807) is 13.0 Å². The van der Waals surface area contributed by atoms with E-state index in [0.717, 1.165) is 24.3 Å². The Hall–Kier alpha value is -0.645. The minimum atomic E-state index is 0.545. The Bertz CT molecular complexity index is 381. The standard InChI is InChI=1S/C9H13NO.C3H5NO.BHIN/c11-6-10-5-9-4-7-1-2-8(9)3-7;1-2-4-3-5;2-1-3/h7-9H,1-5H2;2H2,1H3;3H/i;;3D. The number of rotatable bonds is 3. The van der Waals surface area contributed by atoms with E-state index in [1.807, 2.05) is 22.4 Å². The first-order valence-electron chi connectivity index (χ1n) is 6.81. The molecule has 0 aromatic carbocycles. The molecule has 0 heterocycles. The predicted octanol–water partition coefficient (Wildman–Crippen LogP) is 2.90. The summed E-state index contributed by atoms with van der Waals surface area (Å²) in [5, 5.41) is 2.85. The minimum absolute atomic E-state index is 0.545. The Morgan fingerprint density at radius 2 is 2.05 bits per heavy atom. The molecule has 0 amide bonds. The summed E-state index contributed by atoms with van der Waals surface area (Å²) in [5.74, 6) is 2.57. The molecule has 0 aromatic rings. The van der Waals surface area contributed by atoms with Gasteiger partial charge in [0.05, 0.1) is 6.54 Å². The molecule has 2 rings (SSSR count). The van der Waals surface area contributed by atoms with Gasteiger partial charge in [-0.1, -0.05) is 6.42 Å². The van der Waals surface area contributed by atoms with Gasteiger partial charge in [-0.05, 0) is 43.9 Å². The molecule has 7 heteroatoms. The molecule has 3 atom stereocenters. The van der Waals surface area contributed by atoms with Crippen LogP contribution >= 0.6 is 22.4 Å². The number of hydrogen-bond donors (Lipinski definition) is 1. The number of aliphatic imine (C=N–C) groups is 2. The summed E-state index contributed by atoms with van der Waals surface area (Å²) in [7, 11) is 0. The number of halogens is 1. The van der Waals surface area contributed by atoms with Gasteiger partial charge in [0.1, 0.15) is 0 Å². The van der Waals surface area contributed by atoms with Gasteiger partial charge in [-0.15, -0.1) is 0 Å². The summed E-state index contributed by atoms with van der Waals surface area (Å²) in [6, 6.07) is 0. The van der Waals surface area contributed by atoms with Gasteiger partial charge in [-0.2, -0.15) is 0 Å². The quantitative estimate of drug-likeness (QED) is 0.356. The van der Waals surface area contributed by atoms with E-state index in [2.05, 4.69) is 15.3 Å². The molecular weight excluding hydrogens is 356 g/mol. The van der Waals surface area contributed by atoms with Crippen LogP contribution in [-0.4, -0.2) is 30.2 Å². The van der Waals surface area contributed by atoms with E-state index in [9.17, 15) is 4.79 Å². The topological polar surface area (TPSA) is 82.7 Å². The van der Waals surface area contributed by atoms with Crippen LogP contribution in [0.2, 0.25) is 1.41 Å². The predicted molar refractivity (Wildman–Crippen MR) is 83.1 cm³/mol. The number of isocyanates is 2. The van der Waals surface area contributed by atoms with Gasteiger partial charge in [0.2, 0.25) is 12.2 Å². The Morgan fingerprint density at radius 3 is 2.37 bits per heavy atom. The van der Waals surface area contributed by atoms with Crippen LogP contribution in [0.25, 0.3) is 0 Å². The second kappa shape index (κ2) is 12.4. The van der Waals surface area contributed by atoms with Crippen LogP contribution in [0.3, 0.4) is 0 Å². The van der Waals surface area contributed by atoms with Gasteiger partial charge in [0.25, 0.3) is 0 Å². The first kappa shape index (κ1) is 16.4. The fourth-order valence-corrected chi connectivity index (χ4v) is 2.82. The van der Waals surface area contributed by atoms with E-state index in [4.69, 9.17) is 6.21 Å². The maximum absolute atomic E-state index is 9.88.